The van der Waals surface area contributed by atoms with E-state index in [0.717, 1.165) is 34.6 Å². The summed E-state index contributed by atoms with van der Waals surface area (Å²) in [4.78, 5) is 26.9. The molecule has 2 N–H and O–H groups in total. The van der Waals surface area contributed by atoms with Gasteiger partial charge in [-0.1, -0.05) is 75.4 Å². The molecule has 1 aliphatic heterocycles. The number of alkyl halides is 3. The van der Waals surface area contributed by atoms with E-state index >= 15 is 0 Å². The van der Waals surface area contributed by atoms with Gasteiger partial charge in [-0.15, -0.1) is 0 Å². The number of amides is 2. The molecule has 13 heteroatoms. The van der Waals surface area contributed by atoms with E-state index in [1.807, 2.05) is 20.8 Å². The Bertz CT molecular complexity index is 1600. The van der Waals surface area contributed by atoms with Crippen molar-refractivity contribution < 1.29 is 41.0 Å². The smallest absolute Gasteiger partial charge is 0.418 e. The van der Waals surface area contributed by atoms with Crippen molar-refractivity contribution in [3.8, 4) is 0 Å². The molecule has 0 unspecified atom stereocenters. The first-order chi connectivity index (χ1) is 21.7. The molecular formula is C33H38F3N3O6S. The number of para-hydroxylation sites is 1. The predicted octanol–water partition coefficient (Wildman–Crippen LogP) is 5.03. The van der Waals surface area contributed by atoms with Crippen molar-refractivity contribution in [2.24, 2.45) is 5.92 Å². The fourth-order valence-corrected chi connectivity index (χ4v) is 6.85. The average Bonchev–Trinajstić information content (AvgIpc) is 3.41. The van der Waals surface area contributed by atoms with Crippen molar-refractivity contribution in [2.45, 2.75) is 62.9 Å². The molecule has 0 radical (unpaired) electrons. The van der Waals surface area contributed by atoms with Crippen LogP contribution in [0.2, 0.25) is 0 Å². The molecule has 1 heterocycles. The van der Waals surface area contributed by atoms with Crippen LogP contribution in [0.3, 0.4) is 0 Å². The van der Waals surface area contributed by atoms with E-state index in [2.05, 4.69) is 5.32 Å². The Kier molecular flexibility index (Phi) is 11.1. The Morgan fingerprint density at radius 2 is 1.63 bits per heavy atom. The topological polar surface area (TPSA) is 116 Å². The van der Waals surface area contributed by atoms with Crippen molar-refractivity contribution in [1.29, 1.82) is 0 Å². The number of hydrogen-bond acceptors (Lipinski definition) is 6. The summed E-state index contributed by atoms with van der Waals surface area (Å²) >= 11 is 0. The molecule has 248 valence electrons. The molecule has 9 nitrogen and oxygen atoms in total. The fraction of sp³-hybridized carbons (Fsp3) is 0.394. The summed E-state index contributed by atoms with van der Waals surface area (Å²) in [5.74, 6) is -0.934. The van der Waals surface area contributed by atoms with Gasteiger partial charge in [0.25, 0.3) is 5.91 Å². The van der Waals surface area contributed by atoms with E-state index in [1.54, 1.807) is 42.5 Å². The normalized spacial score (nSPS) is 16.8. The summed E-state index contributed by atoms with van der Waals surface area (Å²) < 4.78 is 74.6. The van der Waals surface area contributed by atoms with Gasteiger partial charge in [-0.2, -0.15) is 17.5 Å². The molecule has 46 heavy (non-hydrogen) atoms. The molecular weight excluding hydrogens is 623 g/mol. The number of nitrogens with zero attached hydrogens (tertiary/aromatic N) is 2. The number of carbonyl (C=O) groups is 2. The van der Waals surface area contributed by atoms with Gasteiger partial charge in [0.2, 0.25) is 10.0 Å². The second-order valence-corrected chi connectivity index (χ2v) is 13.5. The molecule has 0 spiro atoms. The highest BCUT2D eigenvalue weighted by Crippen LogP contribution is 2.38. The Balaban J connectivity index is 1.57. The largest absolute Gasteiger partial charge is 0.434 e. The minimum atomic E-state index is -4.75. The van der Waals surface area contributed by atoms with Gasteiger partial charge in [0.1, 0.15) is 0 Å². The number of aliphatic hydroxyl groups is 1. The first kappa shape index (κ1) is 34.9. The molecule has 0 bridgehead atoms. The summed E-state index contributed by atoms with van der Waals surface area (Å²) in [7, 11) is -4.04. The first-order valence-corrected chi connectivity index (χ1v) is 16.4. The number of ether oxygens (including phenoxy) is 1. The fourth-order valence-electron chi connectivity index (χ4n) is 5.23. The lowest BCUT2D eigenvalue weighted by Crippen LogP contribution is -2.53. The highest BCUT2D eigenvalue weighted by Gasteiger charge is 2.43. The van der Waals surface area contributed by atoms with E-state index in [-0.39, 0.29) is 30.3 Å². The molecule has 1 aliphatic rings. The lowest BCUT2D eigenvalue weighted by Gasteiger charge is -2.31. The Labute approximate surface area is 267 Å². The molecule has 3 aromatic rings. The molecule has 4 rings (SSSR count). The zero-order valence-corrected chi connectivity index (χ0v) is 26.6. The van der Waals surface area contributed by atoms with Crippen molar-refractivity contribution in [1.82, 2.24) is 9.62 Å². The lowest BCUT2D eigenvalue weighted by molar-refractivity contribution is -0.137. The van der Waals surface area contributed by atoms with Crippen LogP contribution in [0.5, 0.6) is 0 Å². The van der Waals surface area contributed by atoms with Crippen LogP contribution >= 0.6 is 0 Å². The van der Waals surface area contributed by atoms with Gasteiger partial charge >= 0.3 is 12.3 Å². The van der Waals surface area contributed by atoms with Crippen LogP contribution in [0.4, 0.5) is 23.7 Å². The number of benzene rings is 3. The zero-order valence-electron chi connectivity index (χ0n) is 25.8. The maximum Gasteiger partial charge on any atom is 0.418 e. The zero-order chi connectivity index (χ0) is 33.6. The maximum absolute atomic E-state index is 13.7. The number of hydrogen-bond donors (Lipinski definition) is 2. The molecule has 1 saturated heterocycles. The molecule has 3 aromatic carbocycles. The third kappa shape index (κ3) is 8.45. The number of carbonyl (C=O) groups excluding carboxylic acids is 2. The van der Waals surface area contributed by atoms with Crippen LogP contribution in [-0.2, 0) is 38.6 Å². The molecule has 0 aromatic heterocycles. The van der Waals surface area contributed by atoms with Gasteiger partial charge in [0.15, 0.2) is 6.10 Å². The Hall–Kier alpha value is -3.94. The van der Waals surface area contributed by atoms with Gasteiger partial charge in [0.05, 0.1) is 34.8 Å². The number of rotatable bonds is 13. The number of sulfonamides is 1. The van der Waals surface area contributed by atoms with E-state index < -0.39 is 64.2 Å². The van der Waals surface area contributed by atoms with Gasteiger partial charge in [0, 0.05) is 13.1 Å². The predicted molar refractivity (Wildman–Crippen MR) is 167 cm³/mol. The third-order valence-corrected chi connectivity index (χ3v) is 9.47. The van der Waals surface area contributed by atoms with Crippen molar-refractivity contribution in [2.75, 3.05) is 24.5 Å². The van der Waals surface area contributed by atoms with Gasteiger partial charge in [-0.25, -0.2) is 13.2 Å². The van der Waals surface area contributed by atoms with E-state index in [9.17, 15) is 36.3 Å². The Morgan fingerprint density at radius 3 is 2.24 bits per heavy atom. The third-order valence-electron chi connectivity index (χ3n) is 7.62. The van der Waals surface area contributed by atoms with Gasteiger partial charge in [-0.3, -0.25) is 9.69 Å². The number of aryl methyl sites for hydroxylation is 1. The van der Waals surface area contributed by atoms with E-state index in [4.69, 9.17) is 4.74 Å². The number of cyclic esters (lactones) is 1. The van der Waals surface area contributed by atoms with Crippen LogP contribution in [-0.4, -0.2) is 67.7 Å². The van der Waals surface area contributed by atoms with Crippen LogP contribution < -0.4 is 10.2 Å². The number of halogens is 3. The van der Waals surface area contributed by atoms with Gasteiger partial charge < -0.3 is 15.2 Å². The summed E-state index contributed by atoms with van der Waals surface area (Å²) in [5, 5.41) is 14.2. The number of nitrogens with one attached hydrogen (secondary N) is 1. The number of aliphatic hydroxyl groups excluding tert-OH is 1. The monoisotopic (exact) mass is 661 g/mol. The standard InChI is InChI=1S/C33H38F3N3O6S/c1-4-23-14-16-25(17-15-23)46(43,44)38(19-22(2)3)20-29(40)27(18-24-10-6-5-7-11-24)37-31(41)30-21-39(32(42)45-30)28-13-9-8-12-26(28)33(34,35)36/h5-17,22,27,29-30,40H,4,18-21H2,1-3H3,(H,37,41)/t27-,29+,30-/m0/s1. The second-order valence-electron chi connectivity index (χ2n) is 11.6. The van der Waals surface area contributed by atoms with Crippen LogP contribution in [0.25, 0.3) is 0 Å². The summed E-state index contributed by atoms with van der Waals surface area (Å²) in [6.07, 6.45) is -7.93. The molecule has 0 saturated carbocycles. The molecule has 3 atom stereocenters. The number of anilines is 1. The summed E-state index contributed by atoms with van der Waals surface area (Å²) in [6.45, 7) is 4.88. The van der Waals surface area contributed by atoms with Gasteiger partial charge in [-0.05, 0) is 54.2 Å². The molecule has 1 fully saturated rings. The minimum Gasteiger partial charge on any atom is -0.434 e. The minimum absolute atomic E-state index is 0.0679. The van der Waals surface area contributed by atoms with E-state index in [1.165, 1.54) is 28.6 Å². The summed E-state index contributed by atoms with van der Waals surface area (Å²) in [5.41, 5.74) is 0.191. The van der Waals surface area contributed by atoms with Crippen molar-refractivity contribution in [3.63, 3.8) is 0 Å². The SMILES string of the molecule is CCc1ccc(S(=O)(=O)N(CC(C)C)C[C@@H](O)[C@H](Cc2ccccc2)NC(=O)[C@@H]2CN(c3ccccc3C(F)(F)F)C(=O)O2)cc1. The second kappa shape index (κ2) is 14.7. The molecule has 0 aliphatic carbocycles. The van der Waals surface area contributed by atoms with Crippen LogP contribution in [0.15, 0.2) is 83.8 Å². The van der Waals surface area contributed by atoms with Crippen molar-refractivity contribution in [3.05, 3.63) is 95.6 Å². The lowest BCUT2D eigenvalue weighted by atomic mass is 10.0. The maximum atomic E-state index is 13.7. The van der Waals surface area contributed by atoms with Crippen molar-refractivity contribution >= 4 is 27.7 Å². The molecule has 2 amide bonds. The highest BCUT2D eigenvalue weighted by atomic mass is 32.2. The quantitative estimate of drug-likeness (QED) is 0.266. The van der Waals surface area contributed by atoms with Crippen LogP contribution in [0, 0.1) is 5.92 Å². The summed E-state index contributed by atoms with van der Waals surface area (Å²) in [6, 6.07) is 18.8. The average molecular weight is 662 g/mol. The Morgan fingerprint density at radius 1 is 1.00 bits per heavy atom. The van der Waals surface area contributed by atoms with E-state index in [0.29, 0.717) is 0 Å². The highest BCUT2D eigenvalue weighted by molar-refractivity contribution is 7.89. The first-order valence-electron chi connectivity index (χ1n) is 15.0. The van der Waals surface area contributed by atoms with Crippen LogP contribution in [0.1, 0.15) is 37.5 Å².